The van der Waals surface area contributed by atoms with Crippen molar-refractivity contribution < 1.29 is 9.53 Å². The number of hydrogen-bond donors (Lipinski definition) is 2. The lowest BCUT2D eigenvalue weighted by Gasteiger charge is -2.31. The van der Waals surface area contributed by atoms with E-state index in [-0.39, 0.29) is 5.91 Å². The van der Waals surface area contributed by atoms with Gasteiger partial charge in [0.2, 0.25) is 5.91 Å². The van der Waals surface area contributed by atoms with Gasteiger partial charge >= 0.3 is 0 Å². The first-order valence-corrected chi connectivity index (χ1v) is 9.22. The van der Waals surface area contributed by atoms with E-state index in [1.807, 2.05) is 43.3 Å². The summed E-state index contributed by atoms with van der Waals surface area (Å²) in [5.41, 5.74) is 11.4. The van der Waals surface area contributed by atoms with Crippen LogP contribution in [0.5, 0.6) is 0 Å². The maximum atomic E-state index is 12.5. The van der Waals surface area contributed by atoms with Crippen LogP contribution in [0.15, 0.2) is 42.5 Å². The van der Waals surface area contributed by atoms with Gasteiger partial charge < -0.3 is 20.7 Å². The molecule has 0 saturated carbocycles. The highest BCUT2D eigenvalue weighted by atomic mass is 16.5. The van der Waals surface area contributed by atoms with E-state index < -0.39 is 0 Å². The van der Waals surface area contributed by atoms with Crippen molar-refractivity contribution in [1.29, 1.82) is 0 Å². The van der Waals surface area contributed by atoms with Gasteiger partial charge in [0.05, 0.1) is 13.2 Å². The Hall–Kier alpha value is -2.53. The van der Waals surface area contributed by atoms with Crippen LogP contribution in [0.2, 0.25) is 0 Å². The van der Waals surface area contributed by atoms with E-state index in [9.17, 15) is 4.79 Å². The number of nitrogens with zero attached hydrogens (tertiary/aromatic N) is 1. The van der Waals surface area contributed by atoms with Crippen LogP contribution < -0.4 is 16.0 Å². The Morgan fingerprint density at radius 1 is 1.19 bits per heavy atom. The molecule has 0 aromatic heterocycles. The smallest absolute Gasteiger partial charge is 0.239 e. The molecule has 1 aliphatic rings. The molecule has 0 aliphatic carbocycles. The maximum absolute atomic E-state index is 12.5. The highest BCUT2D eigenvalue weighted by Gasteiger charge is 2.20. The maximum Gasteiger partial charge on any atom is 0.239 e. The molecule has 26 heavy (non-hydrogen) atoms. The van der Waals surface area contributed by atoms with E-state index in [4.69, 9.17) is 10.5 Å². The number of anilines is 2. The highest BCUT2D eigenvalue weighted by molar-refractivity contribution is 5.82. The van der Waals surface area contributed by atoms with Gasteiger partial charge in [-0.2, -0.15) is 0 Å². The second kappa shape index (κ2) is 8.72. The molecule has 3 rings (SSSR count). The van der Waals surface area contributed by atoms with Gasteiger partial charge in [-0.3, -0.25) is 4.79 Å². The molecule has 0 atom stereocenters. The first-order valence-electron chi connectivity index (χ1n) is 9.22. The predicted octanol–water partition coefficient (Wildman–Crippen LogP) is 2.87. The number of benzene rings is 2. The van der Waals surface area contributed by atoms with Gasteiger partial charge in [0, 0.05) is 31.1 Å². The van der Waals surface area contributed by atoms with Crippen molar-refractivity contribution in [2.75, 3.05) is 30.3 Å². The Morgan fingerprint density at radius 2 is 2.00 bits per heavy atom. The van der Waals surface area contributed by atoms with E-state index in [2.05, 4.69) is 16.3 Å². The molecule has 0 unspecified atom stereocenters. The first-order chi connectivity index (χ1) is 12.7. The van der Waals surface area contributed by atoms with Crippen LogP contribution in [0.25, 0.3) is 0 Å². The Labute approximate surface area is 155 Å². The average molecular weight is 353 g/mol. The van der Waals surface area contributed by atoms with Gasteiger partial charge in [-0.1, -0.05) is 30.3 Å². The monoisotopic (exact) mass is 353 g/mol. The zero-order valence-corrected chi connectivity index (χ0v) is 15.3. The number of fused-ring (bicyclic) bond motifs is 1. The molecule has 1 aliphatic heterocycles. The van der Waals surface area contributed by atoms with Gasteiger partial charge in [-0.05, 0) is 48.6 Å². The molecule has 0 radical (unpaired) electrons. The van der Waals surface area contributed by atoms with Crippen LogP contribution in [-0.4, -0.2) is 25.6 Å². The molecular weight excluding hydrogens is 326 g/mol. The molecule has 0 saturated heterocycles. The molecule has 0 spiro atoms. The van der Waals surface area contributed by atoms with Crippen LogP contribution in [0.1, 0.15) is 30.0 Å². The lowest BCUT2D eigenvalue weighted by Crippen LogP contribution is -2.39. The van der Waals surface area contributed by atoms with E-state index in [1.165, 1.54) is 0 Å². The lowest BCUT2D eigenvalue weighted by atomic mass is 10.00. The fourth-order valence-electron chi connectivity index (χ4n) is 3.40. The number of ether oxygens (including phenoxy) is 1. The van der Waals surface area contributed by atoms with Crippen molar-refractivity contribution in [2.24, 2.45) is 0 Å². The third-order valence-corrected chi connectivity index (χ3v) is 4.77. The molecule has 5 nitrogen and oxygen atoms in total. The topological polar surface area (TPSA) is 67.6 Å². The van der Waals surface area contributed by atoms with Crippen molar-refractivity contribution in [3.63, 3.8) is 0 Å². The lowest BCUT2D eigenvalue weighted by molar-refractivity contribution is -0.119. The molecule has 1 amide bonds. The standard InChI is InChI=1S/C21H27N3O2/c1-2-26-15-17-8-4-3-7-16(17)13-23-21(25)14-24-12-6-9-18-19(22)10-5-11-20(18)24/h3-5,7-8,10-11H,2,6,9,12-15,22H2,1H3,(H,23,25). The molecule has 2 aromatic rings. The Kier molecular flexibility index (Phi) is 6.12. The number of carbonyl (C=O) groups excluding carboxylic acids is 1. The fourth-order valence-corrected chi connectivity index (χ4v) is 3.40. The molecule has 0 bridgehead atoms. The van der Waals surface area contributed by atoms with E-state index >= 15 is 0 Å². The number of rotatable bonds is 7. The van der Waals surface area contributed by atoms with Crippen LogP contribution in [0, 0.1) is 0 Å². The normalized spacial score (nSPS) is 13.3. The molecule has 1 heterocycles. The minimum Gasteiger partial charge on any atom is -0.398 e. The summed E-state index contributed by atoms with van der Waals surface area (Å²) in [6.45, 7) is 4.97. The van der Waals surface area contributed by atoms with E-state index in [0.717, 1.165) is 47.5 Å². The van der Waals surface area contributed by atoms with E-state index in [1.54, 1.807) is 0 Å². The zero-order valence-electron chi connectivity index (χ0n) is 15.3. The second-order valence-corrected chi connectivity index (χ2v) is 6.55. The summed E-state index contributed by atoms with van der Waals surface area (Å²) in [6, 6.07) is 14.0. The summed E-state index contributed by atoms with van der Waals surface area (Å²) in [4.78, 5) is 14.6. The third kappa shape index (κ3) is 4.35. The number of hydrogen-bond acceptors (Lipinski definition) is 4. The third-order valence-electron chi connectivity index (χ3n) is 4.77. The van der Waals surface area contributed by atoms with Crippen LogP contribution in [0.4, 0.5) is 11.4 Å². The van der Waals surface area contributed by atoms with Crippen LogP contribution in [0.3, 0.4) is 0 Å². The van der Waals surface area contributed by atoms with Gasteiger partial charge in [0.15, 0.2) is 0 Å². The zero-order chi connectivity index (χ0) is 18.4. The van der Waals surface area contributed by atoms with Crippen molar-refractivity contribution in [2.45, 2.75) is 32.9 Å². The molecular formula is C21H27N3O2. The van der Waals surface area contributed by atoms with Gasteiger partial charge in [0.1, 0.15) is 0 Å². The van der Waals surface area contributed by atoms with Gasteiger partial charge in [-0.25, -0.2) is 0 Å². The minimum atomic E-state index is 0.0199. The Morgan fingerprint density at radius 3 is 2.81 bits per heavy atom. The average Bonchev–Trinajstić information content (AvgIpc) is 2.66. The summed E-state index contributed by atoms with van der Waals surface area (Å²) in [5, 5.41) is 3.04. The fraction of sp³-hybridized carbons (Fsp3) is 0.381. The molecule has 2 aromatic carbocycles. The highest BCUT2D eigenvalue weighted by Crippen LogP contribution is 2.30. The Bertz CT molecular complexity index is 761. The number of nitrogen functional groups attached to an aromatic ring is 1. The van der Waals surface area contributed by atoms with Gasteiger partial charge in [-0.15, -0.1) is 0 Å². The Balaban J connectivity index is 1.60. The number of nitrogens with two attached hydrogens (primary N) is 1. The van der Waals surface area contributed by atoms with Crippen molar-refractivity contribution in [3.8, 4) is 0 Å². The summed E-state index contributed by atoms with van der Waals surface area (Å²) < 4.78 is 5.51. The number of nitrogens with one attached hydrogen (secondary N) is 1. The molecule has 0 fully saturated rings. The summed E-state index contributed by atoms with van der Waals surface area (Å²) in [6.07, 6.45) is 2.00. The quantitative estimate of drug-likeness (QED) is 0.751. The van der Waals surface area contributed by atoms with Gasteiger partial charge in [0.25, 0.3) is 0 Å². The summed E-state index contributed by atoms with van der Waals surface area (Å²) >= 11 is 0. The first kappa shape index (κ1) is 18.3. The van der Waals surface area contributed by atoms with Crippen LogP contribution in [-0.2, 0) is 29.1 Å². The van der Waals surface area contributed by atoms with E-state index in [0.29, 0.717) is 26.3 Å². The predicted molar refractivity (Wildman–Crippen MR) is 105 cm³/mol. The number of amides is 1. The molecule has 5 heteroatoms. The van der Waals surface area contributed by atoms with Crippen molar-refractivity contribution in [1.82, 2.24) is 5.32 Å². The summed E-state index contributed by atoms with van der Waals surface area (Å²) in [7, 11) is 0. The van der Waals surface area contributed by atoms with Crippen LogP contribution >= 0.6 is 0 Å². The molecule has 138 valence electrons. The van der Waals surface area contributed by atoms with Crippen molar-refractivity contribution in [3.05, 3.63) is 59.2 Å². The largest absolute Gasteiger partial charge is 0.398 e. The number of carbonyl (C=O) groups is 1. The van der Waals surface area contributed by atoms with Crippen molar-refractivity contribution >= 4 is 17.3 Å². The second-order valence-electron chi connectivity index (χ2n) is 6.55. The minimum absolute atomic E-state index is 0.0199. The SMILES string of the molecule is CCOCc1ccccc1CNC(=O)CN1CCCc2c(N)cccc21. The summed E-state index contributed by atoms with van der Waals surface area (Å²) in [5.74, 6) is 0.0199. The molecule has 3 N–H and O–H groups in total.